The Bertz CT molecular complexity index is 607. The van der Waals surface area contributed by atoms with E-state index in [4.69, 9.17) is 10.00 Å². The average Bonchev–Trinajstić information content (AvgIpc) is 2.47. The second-order valence-electron chi connectivity index (χ2n) is 4.58. The second kappa shape index (κ2) is 5.75. The number of morpholine rings is 1. The lowest BCUT2D eigenvalue weighted by atomic mass is 10.3. The molecule has 2 rings (SSSR count). The van der Waals surface area contributed by atoms with Crippen LogP contribution in [0.1, 0.15) is 0 Å². The highest BCUT2D eigenvalue weighted by atomic mass is 32.2. The van der Waals surface area contributed by atoms with Gasteiger partial charge in [0, 0.05) is 26.8 Å². The highest BCUT2D eigenvalue weighted by Crippen LogP contribution is 2.21. The molecule has 1 fully saturated rings. The molecule has 0 spiro atoms. The molecule has 1 atom stereocenters. The van der Waals surface area contributed by atoms with E-state index in [-0.39, 0.29) is 18.0 Å². The summed E-state index contributed by atoms with van der Waals surface area (Å²) in [5.74, 6) is 0.669. The van der Waals surface area contributed by atoms with Crippen molar-refractivity contribution in [2.24, 2.45) is 0 Å². The normalized spacial score (nSPS) is 20.4. The zero-order chi connectivity index (χ0) is 14.8. The van der Waals surface area contributed by atoms with Crippen molar-refractivity contribution >= 4 is 15.8 Å². The molecule has 1 aliphatic rings. The molecule has 0 unspecified atom stereocenters. The molecule has 0 aromatic carbocycles. The molecule has 1 aliphatic heterocycles. The average molecular weight is 296 g/mol. The van der Waals surface area contributed by atoms with Crippen LogP contribution >= 0.6 is 0 Å². The molecule has 1 aromatic heterocycles. The molecule has 0 bridgehead atoms. The molecule has 8 heteroatoms. The minimum absolute atomic E-state index is 0.0882. The molecule has 108 valence electrons. The first-order valence-corrected chi connectivity index (χ1v) is 7.53. The van der Waals surface area contributed by atoms with E-state index in [0.717, 1.165) is 0 Å². The van der Waals surface area contributed by atoms with Crippen LogP contribution in [0.5, 0.6) is 0 Å². The van der Waals surface area contributed by atoms with Crippen LogP contribution < -0.4 is 4.90 Å². The van der Waals surface area contributed by atoms with E-state index in [1.54, 1.807) is 11.0 Å². The summed E-state index contributed by atoms with van der Waals surface area (Å²) < 4.78 is 31.3. The number of hydrogen-bond donors (Lipinski definition) is 0. The van der Waals surface area contributed by atoms with Crippen LogP contribution in [0.3, 0.4) is 0 Å². The Kier molecular flexibility index (Phi) is 4.23. The molecule has 7 nitrogen and oxygen atoms in total. The third kappa shape index (κ3) is 2.75. The molecule has 20 heavy (non-hydrogen) atoms. The molecule has 0 N–H and O–H groups in total. The van der Waals surface area contributed by atoms with Crippen LogP contribution in [0.2, 0.25) is 0 Å². The molecular formula is C12H16N4O3S. The number of pyridine rings is 1. The Hall–Kier alpha value is -1.69. The largest absolute Gasteiger partial charge is 0.377 e. The summed E-state index contributed by atoms with van der Waals surface area (Å²) in [5, 5.41) is 9.03. The number of sulfonamides is 1. The minimum atomic E-state index is -3.72. The first kappa shape index (κ1) is 14.7. The monoisotopic (exact) mass is 296 g/mol. The third-order valence-electron chi connectivity index (χ3n) is 3.01. The van der Waals surface area contributed by atoms with Crippen molar-refractivity contribution in [1.29, 1.82) is 5.26 Å². The topological polar surface area (TPSA) is 86.5 Å². The minimum Gasteiger partial charge on any atom is -0.377 e. The molecule has 1 aromatic rings. The van der Waals surface area contributed by atoms with Crippen LogP contribution in [0.4, 0.5) is 5.82 Å². The molecular weight excluding hydrogens is 280 g/mol. The van der Waals surface area contributed by atoms with Crippen LogP contribution in [-0.2, 0) is 14.8 Å². The van der Waals surface area contributed by atoms with Gasteiger partial charge in [0.2, 0.25) is 10.0 Å². The van der Waals surface area contributed by atoms with Crippen LogP contribution in [0.15, 0.2) is 23.2 Å². The summed E-state index contributed by atoms with van der Waals surface area (Å²) >= 11 is 0. The number of nitriles is 1. The zero-order valence-corrected chi connectivity index (χ0v) is 12.2. The maximum atomic E-state index is 12.5. The van der Waals surface area contributed by atoms with Gasteiger partial charge in [0.1, 0.15) is 16.8 Å². The zero-order valence-electron chi connectivity index (χ0n) is 11.4. The molecule has 0 saturated carbocycles. The van der Waals surface area contributed by atoms with Gasteiger partial charge in [-0.25, -0.2) is 13.4 Å². The van der Waals surface area contributed by atoms with Gasteiger partial charge in [-0.3, -0.25) is 0 Å². The molecule has 0 amide bonds. The van der Waals surface area contributed by atoms with E-state index in [1.165, 1.54) is 16.6 Å². The Morgan fingerprint density at radius 1 is 1.50 bits per heavy atom. The molecule has 0 radical (unpaired) electrons. The van der Waals surface area contributed by atoms with Gasteiger partial charge in [0.25, 0.3) is 0 Å². The summed E-state index contributed by atoms with van der Waals surface area (Å²) in [6.07, 6.45) is 1.31. The summed E-state index contributed by atoms with van der Waals surface area (Å²) in [7, 11) is -0.0687. The highest BCUT2D eigenvalue weighted by molar-refractivity contribution is 7.89. The summed E-state index contributed by atoms with van der Waals surface area (Å²) in [5.41, 5.74) is 0. The lowest BCUT2D eigenvalue weighted by Crippen LogP contribution is -2.47. The van der Waals surface area contributed by atoms with Gasteiger partial charge in [0.15, 0.2) is 0 Å². The fourth-order valence-corrected chi connectivity index (χ4v) is 3.36. The van der Waals surface area contributed by atoms with Gasteiger partial charge >= 0.3 is 0 Å². The lowest BCUT2D eigenvalue weighted by Gasteiger charge is -2.30. The predicted octanol–water partition coefficient (Wildman–Crippen LogP) is 0.0607. The SMILES string of the molecule is CN(C)c1ccc(S(=O)(=O)N2CCOC[C@@H]2C#N)cn1. The Morgan fingerprint density at radius 2 is 2.25 bits per heavy atom. The van der Waals surface area contributed by atoms with E-state index in [9.17, 15) is 8.42 Å². The van der Waals surface area contributed by atoms with Crippen molar-refractivity contribution < 1.29 is 13.2 Å². The summed E-state index contributed by atoms with van der Waals surface area (Å²) in [6.45, 7) is 0.565. The van der Waals surface area contributed by atoms with Crippen molar-refractivity contribution in [2.45, 2.75) is 10.9 Å². The van der Waals surface area contributed by atoms with Crippen molar-refractivity contribution in [3.05, 3.63) is 18.3 Å². The Morgan fingerprint density at radius 3 is 2.80 bits per heavy atom. The number of nitrogens with zero attached hydrogens (tertiary/aromatic N) is 4. The fourth-order valence-electron chi connectivity index (χ4n) is 1.90. The van der Waals surface area contributed by atoms with E-state index in [1.807, 2.05) is 20.2 Å². The fraction of sp³-hybridized carbons (Fsp3) is 0.500. The smallest absolute Gasteiger partial charge is 0.245 e. The molecule has 2 heterocycles. The van der Waals surface area contributed by atoms with E-state index in [2.05, 4.69) is 4.98 Å². The van der Waals surface area contributed by atoms with Crippen LogP contribution in [0, 0.1) is 11.3 Å². The van der Waals surface area contributed by atoms with Gasteiger partial charge in [-0.1, -0.05) is 0 Å². The molecule has 1 saturated heterocycles. The van der Waals surface area contributed by atoms with E-state index in [0.29, 0.717) is 12.4 Å². The molecule has 0 aliphatic carbocycles. The Labute approximate surface area is 118 Å². The Balaban J connectivity index is 2.32. The predicted molar refractivity (Wildman–Crippen MR) is 72.7 cm³/mol. The first-order valence-electron chi connectivity index (χ1n) is 6.09. The van der Waals surface area contributed by atoms with Crippen LogP contribution in [-0.4, -0.2) is 57.6 Å². The standard InChI is InChI=1S/C12H16N4O3S/c1-15(2)12-4-3-11(8-14-12)20(17,18)16-5-6-19-9-10(16)7-13/h3-4,8,10H,5-6,9H2,1-2H3/t10-/m0/s1. The van der Waals surface area contributed by atoms with Crippen LogP contribution in [0.25, 0.3) is 0 Å². The maximum absolute atomic E-state index is 12.5. The van der Waals surface area contributed by atoms with Gasteiger partial charge < -0.3 is 9.64 Å². The number of rotatable bonds is 3. The second-order valence-corrected chi connectivity index (χ2v) is 6.47. The van der Waals surface area contributed by atoms with Crippen molar-refractivity contribution in [3.8, 4) is 6.07 Å². The van der Waals surface area contributed by atoms with Crippen molar-refractivity contribution in [3.63, 3.8) is 0 Å². The van der Waals surface area contributed by atoms with Gasteiger partial charge in [-0.05, 0) is 12.1 Å². The van der Waals surface area contributed by atoms with Gasteiger partial charge in [-0.2, -0.15) is 9.57 Å². The van der Waals surface area contributed by atoms with Gasteiger partial charge in [-0.15, -0.1) is 0 Å². The van der Waals surface area contributed by atoms with Gasteiger partial charge in [0.05, 0.1) is 19.3 Å². The summed E-state index contributed by atoms with van der Waals surface area (Å²) in [6, 6.07) is 4.30. The van der Waals surface area contributed by atoms with E-state index >= 15 is 0 Å². The van der Waals surface area contributed by atoms with Crippen molar-refractivity contribution in [1.82, 2.24) is 9.29 Å². The number of aromatic nitrogens is 1. The van der Waals surface area contributed by atoms with E-state index < -0.39 is 16.1 Å². The van der Waals surface area contributed by atoms with Crippen molar-refractivity contribution in [2.75, 3.05) is 38.8 Å². The number of hydrogen-bond acceptors (Lipinski definition) is 6. The lowest BCUT2D eigenvalue weighted by molar-refractivity contribution is 0.0511. The third-order valence-corrected chi connectivity index (χ3v) is 4.91. The number of ether oxygens (including phenoxy) is 1. The first-order chi connectivity index (χ1) is 9.46. The highest BCUT2D eigenvalue weighted by Gasteiger charge is 2.34. The quantitative estimate of drug-likeness (QED) is 0.784. The number of anilines is 1. The summed E-state index contributed by atoms with van der Waals surface area (Å²) in [4.78, 5) is 5.97. The maximum Gasteiger partial charge on any atom is 0.245 e.